The average Bonchev–Trinajstić information content (AvgIpc) is 3.35. The smallest absolute Gasteiger partial charge is 0.250 e. The first kappa shape index (κ1) is 26.4. The van der Waals surface area contributed by atoms with E-state index in [0.717, 1.165) is 24.1 Å². The number of amides is 3. The topological polar surface area (TPSA) is 91.8 Å². The molecule has 1 aliphatic carbocycles. The van der Waals surface area contributed by atoms with Gasteiger partial charge in [-0.3, -0.25) is 19.4 Å². The molecule has 3 aliphatic rings. The molecule has 1 N–H and O–H groups in total. The van der Waals surface area contributed by atoms with Gasteiger partial charge in [0.15, 0.2) is 0 Å². The summed E-state index contributed by atoms with van der Waals surface area (Å²) in [5, 5.41) is 3.10. The van der Waals surface area contributed by atoms with Crippen molar-refractivity contribution in [2.75, 3.05) is 26.3 Å². The van der Waals surface area contributed by atoms with Crippen LogP contribution in [-0.4, -0.2) is 70.9 Å². The molecule has 5 rings (SSSR count). The number of morpholine rings is 1. The van der Waals surface area contributed by atoms with Crippen LogP contribution in [0.2, 0.25) is 0 Å². The zero-order valence-corrected chi connectivity index (χ0v) is 22.8. The molecule has 0 unspecified atom stereocenters. The first-order valence-electron chi connectivity index (χ1n) is 13.8. The molecule has 8 heteroatoms. The highest BCUT2D eigenvalue weighted by atomic mass is 16.5. The van der Waals surface area contributed by atoms with Crippen molar-refractivity contribution in [1.29, 1.82) is 0 Å². The molecule has 3 amide bonds. The summed E-state index contributed by atoms with van der Waals surface area (Å²) in [5.74, 6) is -0.719. The van der Waals surface area contributed by atoms with E-state index >= 15 is 0 Å². The highest BCUT2D eigenvalue weighted by Gasteiger charge is 2.51. The lowest BCUT2D eigenvalue weighted by atomic mass is 9.85. The van der Waals surface area contributed by atoms with Crippen molar-refractivity contribution < 1.29 is 19.1 Å². The van der Waals surface area contributed by atoms with Gasteiger partial charge < -0.3 is 19.9 Å². The second-order valence-corrected chi connectivity index (χ2v) is 11.0. The molecule has 0 spiro atoms. The van der Waals surface area contributed by atoms with Crippen LogP contribution >= 0.6 is 0 Å². The van der Waals surface area contributed by atoms with Gasteiger partial charge in [0, 0.05) is 30.5 Å². The van der Waals surface area contributed by atoms with E-state index in [0.29, 0.717) is 38.3 Å². The van der Waals surface area contributed by atoms with E-state index in [4.69, 9.17) is 4.74 Å². The number of ether oxygens (including phenoxy) is 1. The molecule has 1 aromatic carbocycles. The maximum atomic E-state index is 14.5. The predicted octanol–water partition coefficient (Wildman–Crippen LogP) is 2.76. The molecule has 3 heterocycles. The van der Waals surface area contributed by atoms with Crippen LogP contribution in [0.1, 0.15) is 54.3 Å². The summed E-state index contributed by atoms with van der Waals surface area (Å²) in [7, 11) is 0. The number of rotatable bonds is 6. The van der Waals surface area contributed by atoms with Gasteiger partial charge in [-0.05, 0) is 61.3 Å². The second-order valence-electron chi connectivity index (χ2n) is 11.0. The number of nitrogens with one attached hydrogen (secondary N) is 1. The lowest BCUT2D eigenvalue weighted by molar-refractivity contribution is -0.163. The maximum Gasteiger partial charge on any atom is 0.250 e. The molecule has 38 heavy (non-hydrogen) atoms. The molecular weight excluding hydrogens is 480 g/mol. The van der Waals surface area contributed by atoms with Gasteiger partial charge in [0.1, 0.15) is 18.1 Å². The summed E-state index contributed by atoms with van der Waals surface area (Å²) in [6.07, 6.45) is 3.86. The highest BCUT2D eigenvalue weighted by molar-refractivity contribution is 6.00. The molecule has 1 aromatic heterocycles. The fraction of sp³-hybridized carbons (Fsp3) is 0.533. The Hall–Kier alpha value is -3.26. The zero-order valence-electron chi connectivity index (χ0n) is 22.8. The monoisotopic (exact) mass is 518 g/mol. The molecule has 2 saturated heterocycles. The van der Waals surface area contributed by atoms with Gasteiger partial charge in [-0.25, -0.2) is 0 Å². The molecule has 4 atom stereocenters. The van der Waals surface area contributed by atoms with Crippen molar-refractivity contribution in [2.45, 2.75) is 65.1 Å². The van der Waals surface area contributed by atoms with Crippen molar-refractivity contribution in [3.8, 4) is 0 Å². The van der Waals surface area contributed by atoms with Crippen molar-refractivity contribution in [1.82, 2.24) is 20.1 Å². The van der Waals surface area contributed by atoms with Crippen LogP contribution in [0, 0.1) is 25.7 Å². The Labute approximate surface area is 224 Å². The Morgan fingerprint density at radius 1 is 1.13 bits per heavy atom. The molecular formula is C30H38N4O4. The third-order valence-electron chi connectivity index (χ3n) is 8.54. The Balaban J connectivity index is 1.58. The Morgan fingerprint density at radius 3 is 2.39 bits per heavy atom. The molecule has 0 radical (unpaired) electrons. The van der Waals surface area contributed by atoms with Crippen LogP contribution in [-0.2, 0) is 32.0 Å². The summed E-state index contributed by atoms with van der Waals surface area (Å²) >= 11 is 0. The number of aromatic nitrogens is 1. The molecule has 0 saturated carbocycles. The Morgan fingerprint density at radius 2 is 1.79 bits per heavy atom. The van der Waals surface area contributed by atoms with Crippen molar-refractivity contribution >= 4 is 17.7 Å². The van der Waals surface area contributed by atoms with Gasteiger partial charge in [0.25, 0.3) is 0 Å². The molecule has 2 aliphatic heterocycles. The fourth-order valence-electron chi connectivity index (χ4n) is 6.27. The first-order chi connectivity index (χ1) is 18.3. The number of fused-ring (bicyclic) bond motifs is 1. The minimum Gasteiger partial charge on any atom is -0.378 e. The van der Waals surface area contributed by atoms with Gasteiger partial charge in [-0.15, -0.1) is 0 Å². The first-order valence-corrected chi connectivity index (χ1v) is 13.8. The van der Waals surface area contributed by atoms with Gasteiger partial charge in [-0.2, -0.15) is 0 Å². The quantitative estimate of drug-likeness (QED) is 0.635. The number of hydrogen-bond acceptors (Lipinski definition) is 5. The van der Waals surface area contributed by atoms with Crippen LogP contribution in [0.4, 0.5) is 0 Å². The number of nitrogens with zero attached hydrogens (tertiary/aromatic N) is 3. The van der Waals surface area contributed by atoms with Crippen LogP contribution < -0.4 is 5.32 Å². The standard InChI is InChI=1S/C30H38N4O4/c1-5-18(2)26-28(35)32-25(23-15-21-8-6-7-9-22(21)16-23)29(36)34(26)27(24-17-31-20(4)14-19(24)3)30(37)33-10-12-38-13-11-33/h6-9,14,17-18,23,25-27H,5,10-13,15-16H2,1-4H3,(H,32,35)/t18-,25+,26+,27+/m0/s1. The van der Waals surface area contributed by atoms with Crippen LogP contribution in [0.5, 0.6) is 0 Å². The number of carbonyl (C=O) groups excluding carboxylic acids is 3. The number of carbonyl (C=O) groups is 3. The van der Waals surface area contributed by atoms with Gasteiger partial charge in [-0.1, -0.05) is 44.5 Å². The average molecular weight is 519 g/mol. The lowest BCUT2D eigenvalue weighted by Gasteiger charge is -2.47. The van der Waals surface area contributed by atoms with Crippen LogP contribution in [0.3, 0.4) is 0 Å². The number of pyridine rings is 1. The van der Waals surface area contributed by atoms with Crippen molar-refractivity contribution in [3.05, 3.63) is 64.5 Å². The fourth-order valence-corrected chi connectivity index (χ4v) is 6.27. The van der Waals surface area contributed by atoms with Crippen molar-refractivity contribution in [2.24, 2.45) is 11.8 Å². The largest absolute Gasteiger partial charge is 0.378 e. The van der Waals surface area contributed by atoms with E-state index < -0.39 is 18.1 Å². The summed E-state index contributed by atoms with van der Waals surface area (Å²) in [4.78, 5) is 50.5. The summed E-state index contributed by atoms with van der Waals surface area (Å²) < 4.78 is 5.50. The number of hydrogen-bond donors (Lipinski definition) is 1. The van der Waals surface area contributed by atoms with E-state index in [-0.39, 0.29) is 29.6 Å². The van der Waals surface area contributed by atoms with E-state index in [1.165, 1.54) is 11.1 Å². The Kier molecular flexibility index (Phi) is 7.52. The lowest BCUT2D eigenvalue weighted by Crippen LogP contribution is -2.68. The third kappa shape index (κ3) is 4.82. The van der Waals surface area contributed by atoms with E-state index in [1.807, 2.05) is 45.9 Å². The van der Waals surface area contributed by atoms with Crippen molar-refractivity contribution in [3.63, 3.8) is 0 Å². The van der Waals surface area contributed by atoms with E-state index in [2.05, 4.69) is 22.4 Å². The molecule has 8 nitrogen and oxygen atoms in total. The van der Waals surface area contributed by atoms with E-state index in [1.54, 1.807) is 16.0 Å². The molecule has 2 fully saturated rings. The predicted molar refractivity (Wildman–Crippen MR) is 143 cm³/mol. The van der Waals surface area contributed by atoms with Gasteiger partial charge in [0.05, 0.1) is 13.2 Å². The van der Waals surface area contributed by atoms with Crippen LogP contribution in [0.15, 0.2) is 36.5 Å². The minimum absolute atomic E-state index is 0.0550. The normalized spacial score (nSPS) is 23.7. The van der Waals surface area contributed by atoms with Gasteiger partial charge in [0.2, 0.25) is 17.7 Å². The highest BCUT2D eigenvalue weighted by Crippen LogP contribution is 2.37. The minimum atomic E-state index is -0.926. The van der Waals surface area contributed by atoms with Crippen LogP contribution in [0.25, 0.3) is 0 Å². The SMILES string of the molecule is CC[C@H](C)[C@@H]1C(=O)N[C@H](C2Cc3ccccc3C2)C(=O)N1[C@@H](C(=O)N1CCOCC1)c1cnc(C)cc1C. The number of benzene rings is 1. The second kappa shape index (κ2) is 10.8. The maximum absolute atomic E-state index is 14.5. The van der Waals surface area contributed by atoms with Gasteiger partial charge >= 0.3 is 0 Å². The number of piperazine rings is 1. The molecule has 2 aromatic rings. The summed E-state index contributed by atoms with van der Waals surface area (Å²) in [5.41, 5.74) is 4.84. The third-order valence-corrected chi connectivity index (χ3v) is 8.54. The molecule has 0 bridgehead atoms. The summed E-state index contributed by atoms with van der Waals surface area (Å²) in [6, 6.07) is 7.79. The van der Waals surface area contributed by atoms with E-state index in [9.17, 15) is 14.4 Å². The summed E-state index contributed by atoms with van der Waals surface area (Å²) in [6.45, 7) is 9.66. The Bertz CT molecular complexity index is 1200. The number of aryl methyl sites for hydroxylation is 2. The zero-order chi connectivity index (χ0) is 27.0. The molecule has 202 valence electrons.